The molecule has 5 rings (SSSR count). The molecular weight excluding hydrogens is 340 g/mol. The third-order valence-electron chi connectivity index (χ3n) is 9.75. The Hall–Kier alpha value is -1.08. The van der Waals surface area contributed by atoms with Crippen molar-refractivity contribution in [2.75, 3.05) is 0 Å². The third-order valence-corrected chi connectivity index (χ3v) is 9.75. The molecule has 4 aliphatic carbocycles. The molecule has 0 aliphatic heterocycles. The first-order valence-electron chi connectivity index (χ1n) is 12.0. The quantitative estimate of drug-likeness (QED) is 0.605. The summed E-state index contributed by atoms with van der Waals surface area (Å²) in [6.07, 6.45) is 16.3. The Morgan fingerprint density at radius 3 is 2.46 bits per heavy atom. The maximum Gasteiger partial charge on any atom is 0.0861 e. The summed E-state index contributed by atoms with van der Waals surface area (Å²) in [5.74, 6) is 4.92. The highest BCUT2D eigenvalue weighted by Crippen LogP contribution is 2.64. The molecule has 0 saturated heterocycles. The zero-order chi connectivity index (χ0) is 19.4. The molecule has 0 aromatic heterocycles. The zero-order valence-corrected chi connectivity index (χ0v) is 17.8. The summed E-state index contributed by atoms with van der Waals surface area (Å²) in [5, 5.41) is 11.6. The van der Waals surface area contributed by atoms with Crippen LogP contribution in [0.1, 0.15) is 77.2 Å². The van der Waals surface area contributed by atoms with Gasteiger partial charge in [-0.05, 0) is 97.9 Å². The fourth-order valence-corrected chi connectivity index (χ4v) is 8.21. The molecule has 28 heavy (non-hydrogen) atoms. The molecule has 4 aliphatic rings. The minimum atomic E-state index is -0.579. The number of hydrogen-bond acceptors (Lipinski definition) is 1. The van der Waals surface area contributed by atoms with E-state index in [0.29, 0.717) is 11.3 Å². The first kappa shape index (κ1) is 18.9. The predicted molar refractivity (Wildman–Crippen MR) is 117 cm³/mol. The normalized spacial score (nSPS) is 48.1. The van der Waals surface area contributed by atoms with Gasteiger partial charge in [-0.1, -0.05) is 62.8 Å². The monoisotopic (exact) mass is 378 g/mol. The Kier molecular flexibility index (Phi) is 4.74. The minimum Gasteiger partial charge on any atom is -0.385 e. The van der Waals surface area contributed by atoms with E-state index in [1.807, 2.05) is 0 Å². The molecule has 4 fully saturated rings. The molecule has 8 atom stereocenters. The van der Waals surface area contributed by atoms with Crippen molar-refractivity contribution in [3.63, 3.8) is 0 Å². The molecule has 4 saturated carbocycles. The molecule has 0 spiro atoms. The van der Waals surface area contributed by atoms with Crippen LogP contribution >= 0.6 is 0 Å². The Labute approximate surface area is 171 Å². The lowest BCUT2D eigenvalue weighted by Crippen LogP contribution is -2.52. The minimum absolute atomic E-state index is 0.483. The van der Waals surface area contributed by atoms with Gasteiger partial charge in [0.25, 0.3) is 0 Å². The summed E-state index contributed by atoms with van der Waals surface area (Å²) < 4.78 is 0. The van der Waals surface area contributed by atoms with Crippen LogP contribution in [-0.4, -0.2) is 10.7 Å². The van der Waals surface area contributed by atoms with Crippen molar-refractivity contribution in [1.82, 2.24) is 0 Å². The van der Waals surface area contributed by atoms with Crippen molar-refractivity contribution in [1.29, 1.82) is 0 Å². The molecule has 1 heteroatoms. The SMILES string of the molecule is CC1CCC2(C)C(CCC3C4CC[C@@](O)(/C=C/c5ccccc5)C4CCC32)C1. The average Bonchev–Trinajstić information content (AvgIpc) is 3.05. The van der Waals surface area contributed by atoms with Crippen molar-refractivity contribution < 1.29 is 5.11 Å². The fourth-order valence-electron chi connectivity index (χ4n) is 8.21. The van der Waals surface area contributed by atoms with E-state index in [9.17, 15) is 5.11 Å². The van der Waals surface area contributed by atoms with Gasteiger partial charge in [-0.3, -0.25) is 0 Å². The highest BCUT2D eigenvalue weighted by atomic mass is 16.3. The van der Waals surface area contributed by atoms with Gasteiger partial charge in [-0.25, -0.2) is 0 Å². The number of fused-ring (bicyclic) bond motifs is 5. The van der Waals surface area contributed by atoms with Gasteiger partial charge in [0.2, 0.25) is 0 Å². The van der Waals surface area contributed by atoms with Gasteiger partial charge in [0.05, 0.1) is 5.60 Å². The maximum atomic E-state index is 11.6. The van der Waals surface area contributed by atoms with Gasteiger partial charge in [-0.15, -0.1) is 0 Å². The predicted octanol–water partition coefficient (Wildman–Crippen LogP) is 6.72. The van der Waals surface area contributed by atoms with Crippen molar-refractivity contribution >= 4 is 6.08 Å². The molecule has 1 aromatic carbocycles. The molecule has 0 radical (unpaired) electrons. The van der Waals surface area contributed by atoms with Crippen LogP contribution in [0.2, 0.25) is 0 Å². The van der Waals surface area contributed by atoms with E-state index in [2.05, 4.69) is 56.3 Å². The Morgan fingerprint density at radius 2 is 1.64 bits per heavy atom. The lowest BCUT2D eigenvalue weighted by Gasteiger charge is -2.59. The van der Waals surface area contributed by atoms with Crippen LogP contribution in [0.3, 0.4) is 0 Å². The second-order valence-corrected chi connectivity index (χ2v) is 11.1. The van der Waals surface area contributed by atoms with Crippen LogP contribution < -0.4 is 0 Å². The van der Waals surface area contributed by atoms with E-state index in [0.717, 1.165) is 36.0 Å². The standard InChI is InChI=1S/C27H38O/c1-19-12-15-26(2)21(18-19)8-9-22-23-14-17-27(28,25(23)11-10-24(22)26)16-13-20-6-4-3-5-7-20/h3-7,13,16,19,21-25,28H,8-12,14-15,17-18H2,1-2H3/b16-13+/t19?,21?,22?,23?,24?,25?,26?,27-/m0/s1. The lowest BCUT2D eigenvalue weighted by atomic mass is 9.46. The maximum absolute atomic E-state index is 11.6. The van der Waals surface area contributed by atoms with Gasteiger partial charge in [0, 0.05) is 0 Å². The Bertz CT molecular complexity index is 723. The number of hydrogen-bond donors (Lipinski definition) is 1. The van der Waals surface area contributed by atoms with E-state index < -0.39 is 5.60 Å². The second kappa shape index (κ2) is 7.01. The molecule has 1 aromatic rings. The van der Waals surface area contributed by atoms with Crippen LogP contribution in [0.25, 0.3) is 6.08 Å². The van der Waals surface area contributed by atoms with Gasteiger partial charge in [-0.2, -0.15) is 0 Å². The number of benzene rings is 1. The summed E-state index contributed by atoms with van der Waals surface area (Å²) in [5.41, 5.74) is 1.21. The summed E-state index contributed by atoms with van der Waals surface area (Å²) in [6.45, 7) is 5.12. The molecule has 0 bridgehead atoms. The van der Waals surface area contributed by atoms with Gasteiger partial charge in [0.15, 0.2) is 0 Å². The average molecular weight is 379 g/mol. The summed E-state index contributed by atoms with van der Waals surface area (Å²) in [6, 6.07) is 10.5. The molecule has 0 amide bonds. The highest BCUT2D eigenvalue weighted by Gasteiger charge is 2.58. The fraction of sp³-hybridized carbons (Fsp3) is 0.704. The van der Waals surface area contributed by atoms with Gasteiger partial charge in [0.1, 0.15) is 0 Å². The van der Waals surface area contributed by atoms with Crippen molar-refractivity contribution in [3.8, 4) is 0 Å². The smallest absolute Gasteiger partial charge is 0.0861 e. The van der Waals surface area contributed by atoms with Crippen LogP contribution in [0, 0.1) is 40.9 Å². The zero-order valence-electron chi connectivity index (χ0n) is 17.8. The highest BCUT2D eigenvalue weighted by molar-refractivity contribution is 5.50. The van der Waals surface area contributed by atoms with Crippen LogP contribution in [-0.2, 0) is 0 Å². The van der Waals surface area contributed by atoms with Crippen molar-refractivity contribution in [3.05, 3.63) is 42.0 Å². The molecule has 152 valence electrons. The molecule has 1 nitrogen and oxygen atoms in total. The number of aliphatic hydroxyl groups is 1. The Balaban J connectivity index is 1.35. The molecular formula is C27H38O. The van der Waals surface area contributed by atoms with Crippen LogP contribution in [0.5, 0.6) is 0 Å². The first-order valence-corrected chi connectivity index (χ1v) is 12.0. The first-order chi connectivity index (χ1) is 13.5. The van der Waals surface area contributed by atoms with E-state index in [1.54, 1.807) is 0 Å². The number of rotatable bonds is 2. The summed E-state index contributed by atoms with van der Waals surface area (Å²) in [7, 11) is 0. The largest absolute Gasteiger partial charge is 0.385 e. The van der Waals surface area contributed by atoms with Crippen LogP contribution in [0.15, 0.2) is 36.4 Å². The lowest BCUT2D eigenvalue weighted by molar-refractivity contribution is -0.107. The van der Waals surface area contributed by atoms with Crippen molar-refractivity contribution in [2.24, 2.45) is 40.9 Å². The van der Waals surface area contributed by atoms with Crippen molar-refractivity contribution in [2.45, 2.75) is 77.2 Å². The van der Waals surface area contributed by atoms with Gasteiger partial charge < -0.3 is 5.11 Å². The van der Waals surface area contributed by atoms with Gasteiger partial charge >= 0.3 is 0 Å². The summed E-state index contributed by atoms with van der Waals surface area (Å²) >= 11 is 0. The van der Waals surface area contributed by atoms with E-state index in [1.165, 1.54) is 56.9 Å². The van der Waals surface area contributed by atoms with E-state index in [-0.39, 0.29) is 0 Å². The molecule has 7 unspecified atom stereocenters. The third kappa shape index (κ3) is 3.00. The van der Waals surface area contributed by atoms with E-state index >= 15 is 0 Å². The molecule has 0 heterocycles. The topological polar surface area (TPSA) is 20.2 Å². The second-order valence-electron chi connectivity index (χ2n) is 11.1. The van der Waals surface area contributed by atoms with E-state index in [4.69, 9.17) is 0 Å². The Morgan fingerprint density at radius 1 is 0.893 bits per heavy atom. The summed E-state index contributed by atoms with van der Waals surface area (Å²) in [4.78, 5) is 0. The van der Waals surface area contributed by atoms with Crippen LogP contribution in [0.4, 0.5) is 0 Å². The molecule has 1 N–H and O–H groups in total.